The van der Waals surface area contributed by atoms with Crippen LogP contribution in [-0.2, 0) is 14.3 Å². The van der Waals surface area contributed by atoms with Crippen LogP contribution < -0.4 is 0 Å². The molecule has 0 aromatic heterocycles. The Labute approximate surface area is 144 Å². The molecule has 2 saturated heterocycles. The van der Waals surface area contributed by atoms with Crippen LogP contribution in [0.15, 0.2) is 29.4 Å². The van der Waals surface area contributed by atoms with Crippen LogP contribution in [0.4, 0.5) is 0 Å². The predicted octanol–water partition coefficient (Wildman–Crippen LogP) is 1.83. The largest absolute Gasteiger partial charge is 0.467 e. The number of morpholine rings is 1. The van der Waals surface area contributed by atoms with E-state index in [1.165, 1.54) is 7.11 Å². The molecule has 0 aromatic carbocycles. The van der Waals surface area contributed by atoms with Crippen LogP contribution in [0.2, 0.25) is 0 Å². The monoisotopic (exact) mass is 335 g/mol. The smallest absolute Gasteiger partial charge is 0.333 e. The summed E-state index contributed by atoms with van der Waals surface area (Å²) in [7, 11) is 1.42. The highest BCUT2D eigenvalue weighted by molar-refractivity contribution is 5.83. The van der Waals surface area contributed by atoms with Crippen LogP contribution in [0.1, 0.15) is 26.2 Å². The minimum absolute atomic E-state index is 0.233. The van der Waals surface area contributed by atoms with E-state index in [4.69, 9.17) is 9.47 Å². The lowest BCUT2D eigenvalue weighted by Crippen LogP contribution is -2.45. The van der Waals surface area contributed by atoms with Gasteiger partial charge in [-0.15, -0.1) is 0 Å². The van der Waals surface area contributed by atoms with Gasteiger partial charge in [0.15, 0.2) is 5.54 Å². The fraction of sp³-hybridized carbons (Fsp3) is 0.667. The van der Waals surface area contributed by atoms with Gasteiger partial charge in [-0.25, -0.2) is 4.79 Å². The van der Waals surface area contributed by atoms with E-state index >= 15 is 0 Å². The first kappa shape index (κ1) is 18.7. The summed E-state index contributed by atoms with van der Waals surface area (Å²) in [6.07, 6.45) is 8.50. The minimum atomic E-state index is -0.661. The van der Waals surface area contributed by atoms with E-state index in [1.54, 1.807) is 6.21 Å². The predicted molar refractivity (Wildman–Crippen MR) is 95.0 cm³/mol. The molecule has 2 rings (SSSR count). The van der Waals surface area contributed by atoms with Gasteiger partial charge in [-0.05, 0) is 31.8 Å². The number of nitrogens with zero attached hydrogens (tertiary/aromatic N) is 3. The fourth-order valence-electron chi connectivity index (χ4n) is 3.06. The molecule has 0 spiro atoms. The summed E-state index contributed by atoms with van der Waals surface area (Å²) in [4.78, 5) is 14.4. The van der Waals surface area contributed by atoms with E-state index in [2.05, 4.69) is 22.7 Å². The minimum Gasteiger partial charge on any atom is -0.467 e. The maximum atomic E-state index is 12.0. The van der Waals surface area contributed by atoms with Crippen molar-refractivity contribution in [1.29, 1.82) is 0 Å². The Kier molecular flexibility index (Phi) is 6.99. The number of esters is 1. The van der Waals surface area contributed by atoms with Gasteiger partial charge in [-0.2, -0.15) is 5.10 Å². The zero-order valence-corrected chi connectivity index (χ0v) is 14.9. The molecule has 0 bridgehead atoms. The highest BCUT2D eigenvalue weighted by atomic mass is 16.5. The number of carbonyl (C=O) groups is 1. The van der Waals surface area contributed by atoms with Crippen LogP contribution in [0.25, 0.3) is 0 Å². The summed E-state index contributed by atoms with van der Waals surface area (Å²) < 4.78 is 10.2. The van der Waals surface area contributed by atoms with E-state index in [-0.39, 0.29) is 5.97 Å². The summed E-state index contributed by atoms with van der Waals surface area (Å²) >= 11 is 0. The van der Waals surface area contributed by atoms with Gasteiger partial charge in [0.1, 0.15) is 0 Å². The van der Waals surface area contributed by atoms with Crippen molar-refractivity contribution in [2.45, 2.75) is 31.7 Å². The zero-order chi connectivity index (χ0) is 17.4. The highest BCUT2D eigenvalue weighted by Gasteiger charge is 2.44. The molecule has 2 aliphatic rings. The summed E-state index contributed by atoms with van der Waals surface area (Å²) in [6, 6.07) is 0. The van der Waals surface area contributed by atoms with Gasteiger partial charge < -0.3 is 9.47 Å². The Balaban J connectivity index is 1.77. The summed E-state index contributed by atoms with van der Waals surface area (Å²) in [6.45, 7) is 11.4. The van der Waals surface area contributed by atoms with Crippen LogP contribution in [0.5, 0.6) is 0 Å². The van der Waals surface area contributed by atoms with Crippen molar-refractivity contribution in [2.24, 2.45) is 5.10 Å². The average molecular weight is 335 g/mol. The van der Waals surface area contributed by atoms with Crippen LogP contribution in [-0.4, -0.2) is 74.1 Å². The number of allylic oxidation sites excluding steroid dienone is 2. The molecular weight excluding hydrogens is 306 g/mol. The maximum absolute atomic E-state index is 12.0. The molecule has 1 atom stereocenters. The topological polar surface area (TPSA) is 54.4 Å². The highest BCUT2D eigenvalue weighted by Crippen LogP contribution is 2.30. The Hall–Kier alpha value is -1.66. The number of hydrogen-bond donors (Lipinski definition) is 0. The quantitative estimate of drug-likeness (QED) is 0.404. The summed E-state index contributed by atoms with van der Waals surface area (Å²) in [5, 5.41) is 6.25. The van der Waals surface area contributed by atoms with Crippen molar-refractivity contribution >= 4 is 12.2 Å². The number of ether oxygens (including phenoxy) is 2. The average Bonchev–Trinajstić information content (AvgIpc) is 2.99. The van der Waals surface area contributed by atoms with E-state index in [1.807, 2.05) is 18.0 Å². The first-order valence-corrected chi connectivity index (χ1v) is 8.62. The van der Waals surface area contributed by atoms with Crippen LogP contribution in [0.3, 0.4) is 0 Å². The van der Waals surface area contributed by atoms with E-state index in [0.717, 1.165) is 64.2 Å². The van der Waals surface area contributed by atoms with Crippen molar-refractivity contribution < 1.29 is 14.3 Å². The zero-order valence-electron chi connectivity index (χ0n) is 14.9. The van der Waals surface area contributed by atoms with Gasteiger partial charge in [-0.3, -0.25) is 9.91 Å². The molecule has 0 aliphatic carbocycles. The molecule has 134 valence electrons. The summed E-state index contributed by atoms with van der Waals surface area (Å²) in [5.74, 6) is -0.233. The van der Waals surface area contributed by atoms with Gasteiger partial charge in [0, 0.05) is 26.2 Å². The van der Waals surface area contributed by atoms with Crippen molar-refractivity contribution in [1.82, 2.24) is 9.91 Å². The van der Waals surface area contributed by atoms with Crippen LogP contribution >= 0.6 is 0 Å². The third-order valence-electron chi connectivity index (χ3n) is 4.64. The lowest BCUT2D eigenvalue weighted by Gasteiger charge is -2.29. The molecule has 2 fully saturated rings. The second-order valence-corrected chi connectivity index (χ2v) is 6.46. The first-order chi connectivity index (χ1) is 11.6. The molecule has 0 saturated carbocycles. The van der Waals surface area contributed by atoms with E-state index in [0.29, 0.717) is 0 Å². The molecule has 6 nitrogen and oxygen atoms in total. The second-order valence-electron chi connectivity index (χ2n) is 6.46. The molecule has 0 aromatic rings. The van der Waals surface area contributed by atoms with E-state index < -0.39 is 5.54 Å². The molecule has 2 heterocycles. The SMILES string of the molecule is C=C(/C=C\CCN1CCOCC1)/C=N/N1CCCC1(C)C(=O)OC. The molecular formula is C18H29N3O3. The number of hydrogen-bond acceptors (Lipinski definition) is 6. The molecule has 0 N–H and O–H groups in total. The molecule has 1 unspecified atom stereocenters. The molecule has 6 heteroatoms. The normalized spacial score (nSPS) is 25.7. The van der Waals surface area contributed by atoms with Crippen molar-refractivity contribution in [3.63, 3.8) is 0 Å². The Bertz CT molecular complexity index is 498. The Morgan fingerprint density at radius 2 is 2.12 bits per heavy atom. The number of methoxy groups -OCH3 is 1. The van der Waals surface area contributed by atoms with Gasteiger partial charge in [0.2, 0.25) is 0 Å². The molecule has 0 radical (unpaired) electrons. The summed E-state index contributed by atoms with van der Waals surface area (Å²) in [5.41, 5.74) is 0.169. The molecule has 2 aliphatic heterocycles. The van der Waals surface area contributed by atoms with Crippen molar-refractivity contribution in [2.75, 3.05) is 46.5 Å². The fourth-order valence-corrected chi connectivity index (χ4v) is 3.06. The number of hydrazone groups is 1. The van der Waals surface area contributed by atoms with Gasteiger partial charge >= 0.3 is 5.97 Å². The first-order valence-electron chi connectivity index (χ1n) is 8.62. The number of rotatable bonds is 7. The van der Waals surface area contributed by atoms with Crippen LogP contribution in [0, 0.1) is 0 Å². The van der Waals surface area contributed by atoms with Gasteiger partial charge in [0.25, 0.3) is 0 Å². The van der Waals surface area contributed by atoms with Gasteiger partial charge in [-0.1, -0.05) is 18.7 Å². The molecule has 24 heavy (non-hydrogen) atoms. The third-order valence-corrected chi connectivity index (χ3v) is 4.64. The van der Waals surface area contributed by atoms with Crippen molar-refractivity contribution in [3.8, 4) is 0 Å². The Morgan fingerprint density at radius 3 is 2.83 bits per heavy atom. The standard InChI is InChI=1S/C18H29N3O3/c1-16(7-4-5-9-20-11-13-24-14-12-20)15-19-21-10-6-8-18(21,2)17(22)23-3/h4,7,15H,1,5-6,8-14H2,2-3H3/b7-4-,19-15+. The van der Waals surface area contributed by atoms with Gasteiger partial charge in [0.05, 0.1) is 26.5 Å². The maximum Gasteiger partial charge on any atom is 0.333 e. The lowest BCUT2D eigenvalue weighted by atomic mass is 10.0. The Morgan fingerprint density at radius 1 is 1.38 bits per heavy atom. The van der Waals surface area contributed by atoms with E-state index in [9.17, 15) is 4.79 Å². The number of carbonyl (C=O) groups excluding carboxylic acids is 1. The third kappa shape index (κ3) is 4.92. The second kappa shape index (κ2) is 8.99. The van der Waals surface area contributed by atoms with Crippen molar-refractivity contribution in [3.05, 3.63) is 24.3 Å². The lowest BCUT2D eigenvalue weighted by molar-refractivity contribution is -0.152. The molecule has 0 amide bonds.